The van der Waals surface area contributed by atoms with Gasteiger partial charge in [-0.05, 0) is 48.6 Å². The van der Waals surface area contributed by atoms with Crippen LogP contribution in [0.3, 0.4) is 0 Å². The lowest BCUT2D eigenvalue weighted by molar-refractivity contribution is 0.431. The van der Waals surface area contributed by atoms with Crippen LogP contribution >= 0.6 is 0 Å². The molecule has 1 aliphatic rings. The van der Waals surface area contributed by atoms with Crippen molar-refractivity contribution in [1.29, 1.82) is 0 Å². The quantitative estimate of drug-likeness (QED) is 0.859. The van der Waals surface area contributed by atoms with Gasteiger partial charge in [-0.25, -0.2) is 13.2 Å². The summed E-state index contributed by atoms with van der Waals surface area (Å²) in [6.45, 7) is 0. The summed E-state index contributed by atoms with van der Waals surface area (Å²) in [6, 6.07) is 5.20. The molecule has 0 bridgehead atoms. The van der Waals surface area contributed by atoms with Gasteiger partial charge in [0.2, 0.25) is 0 Å². The average molecular weight is 292 g/mol. The number of halogens is 3. The van der Waals surface area contributed by atoms with Gasteiger partial charge in [0.1, 0.15) is 0 Å². The molecule has 0 aliphatic heterocycles. The Bertz CT molecular complexity index is 649. The first-order valence-corrected chi connectivity index (χ1v) is 6.91. The largest absolute Gasteiger partial charge is 0.323 e. The molecule has 0 fully saturated rings. The SMILES string of the molecule is NC(c1cc(F)c(F)c(F)c1)C1CCCc2cccnc21. The number of rotatable bonds is 2. The average Bonchev–Trinajstić information content (AvgIpc) is 2.51. The minimum atomic E-state index is -1.46. The number of aromatic nitrogens is 1. The van der Waals surface area contributed by atoms with Crippen LogP contribution in [0.25, 0.3) is 0 Å². The number of hydrogen-bond donors (Lipinski definition) is 1. The molecule has 110 valence electrons. The van der Waals surface area contributed by atoms with Gasteiger partial charge in [0.05, 0.1) is 0 Å². The lowest BCUT2D eigenvalue weighted by Gasteiger charge is -2.29. The zero-order chi connectivity index (χ0) is 15.0. The van der Waals surface area contributed by atoms with Gasteiger partial charge in [-0.1, -0.05) is 6.07 Å². The van der Waals surface area contributed by atoms with E-state index in [-0.39, 0.29) is 11.5 Å². The molecule has 2 atom stereocenters. The second-order valence-electron chi connectivity index (χ2n) is 5.37. The third-order valence-electron chi connectivity index (χ3n) is 4.06. The lowest BCUT2D eigenvalue weighted by atomic mass is 9.80. The topological polar surface area (TPSA) is 38.9 Å². The van der Waals surface area contributed by atoms with Gasteiger partial charge in [-0.15, -0.1) is 0 Å². The highest BCUT2D eigenvalue weighted by Crippen LogP contribution is 2.38. The van der Waals surface area contributed by atoms with Gasteiger partial charge in [0.25, 0.3) is 0 Å². The van der Waals surface area contributed by atoms with Gasteiger partial charge in [-0.2, -0.15) is 0 Å². The van der Waals surface area contributed by atoms with E-state index in [1.165, 1.54) is 0 Å². The Morgan fingerprint density at radius 1 is 1.19 bits per heavy atom. The predicted octanol–water partition coefficient (Wildman–Crippen LogP) is 3.62. The van der Waals surface area contributed by atoms with E-state index >= 15 is 0 Å². The van der Waals surface area contributed by atoms with Crippen LogP contribution in [0.5, 0.6) is 0 Å². The molecule has 2 N–H and O–H groups in total. The molecule has 1 aliphatic carbocycles. The summed E-state index contributed by atoms with van der Waals surface area (Å²) in [7, 11) is 0. The highest BCUT2D eigenvalue weighted by atomic mass is 19.2. The van der Waals surface area contributed by atoms with Gasteiger partial charge < -0.3 is 5.73 Å². The summed E-state index contributed by atoms with van der Waals surface area (Å²) < 4.78 is 39.8. The molecule has 1 aromatic carbocycles. The molecule has 5 heteroatoms. The fourth-order valence-corrected chi connectivity index (χ4v) is 2.99. The number of nitrogens with zero attached hydrogens (tertiary/aromatic N) is 1. The van der Waals surface area contributed by atoms with E-state index in [9.17, 15) is 13.2 Å². The maximum Gasteiger partial charge on any atom is 0.194 e. The van der Waals surface area contributed by atoms with Crippen molar-refractivity contribution in [3.8, 4) is 0 Å². The van der Waals surface area contributed by atoms with Crippen molar-refractivity contribution < 1.29 is 13.2 Å². The molecular formula is C16H15F3N2. The van der Waals surface area contributed by atoms with Crippen LogP contribution in [0, 0.1) is 17.5 Å². The van der Waals surface area contributed by atoms with Crippen molar-refractivity contribution in [3.63, 3.8) is 0 Å². The van der Waals surface area contributed by atoms with Gasteiger partial charge in [0, 0.05) is 23.9 Å². The summed E-state index contributed by atoms with van der Waals surface area (Å²) in [5, 5.41) is 0. The zero-order valence-electron chi connectivity index (χ0n) is 11.3. The fraction of sp³-hybridized carbons (Fsp3) is 0.312. The van der Waals surface area contributed by atoms with E-state index in [4.69, 9.17) is 5.73 Å². The minimum Gasteiger partial charge on any atom is -0.323 e. The van der Waals surface area contributed by atoms with E-state index in [1.807, 2.05) is 12.1 Å². The normalized spacial score (nSPS) is 19.1. The van der Waals surface area contributed by atoms with Crippen LogP contribution in [-0.4, -0.2) is 4.98 Å². The van der Waals surface area contributed by atoms with Crippen molar-refractivity contribution in [2.75, 3.05) is 0 Å². The van der Waals surface area contributed by atoms with Crippen LogP contribution in [0.1, 0.15) is 41.6 Å². The number of fused-ring (bicyclic) bond motifs is 1. The minimum absolute atomic E-state index is 0.112. The Kier molecular flexibility index (Phi) is 3.68. The third-order valence-corrected chi connectivity index (χ3v) is 4.06. The lowest BCUT2D eigenvalue weighted by Crippen LogP contribution is -2.25. The Morgan fingerprint density at radius 2 is 1.90 bits per heavy atom. The van der Waals surface area contributed by atoms with Crippen LogP contribution in [0.15, 0.2) is 30.5 Å². The first kappa shape index (κ1) is 14.1. The standard InChI is InChI=1S/C16H15F3N2/c17-12-7-10(8-13(18)14(12)19)15(20)11-5-1-3-9-4-2-6-21-16(9)11/h2,4,6-8,11,15H,1,3,5,20H2. The summed E-state index contributed by atoms with van der Waals surface area (Å²) >= 11 is 0. The van der Waals surface area contributed by atoms with E-state index in [2.05, 4.69) is 4.98 Å². The molecule has 0 saturated carbocycles. The molecule has 0 spiro atoms. The predicted molar refractivity (Wildman–Crippen MR) is 73.2 cm³/mol. The van der Waals surface area contributed by atoms with Gasteiger partial charge in [-0.3, -0.25) is 4.98 Å². The summed E-state index contributed by atoms with van der Waals surface area (Å²) in [4.78, 5) is 4.37. The molecular weight excluding hydrogens is 277 g/mol. The number of pyridine rings is 1. The van der Waals surface area contributed by atoms with E-state index < -0.39 is 23.5 Å². The Labute approximate surface area is 120 Å². The molecule has 21 heavy (non-hydrogen) atoms. The fourth-order valence-electron chi connectivity index (χ4n) is 2.99. The molecule has 0 radical (unpaired) electrons. The van der Waals surface area contributed by atoms with Crippen molar-refractivity contribution in [1.82, 2.24) is 4.98 Å². The molecule has 3 rings (SSSR count). The van der Waals surface area contributed by atoms with Gasteiger partial charge >= 0.3 is 0 Å². The maximum atomic E-state index is 13.4. The van der Waals surface area contributed by atoms with Crippen molar-refractivity contribution in [2.45, 2.75) is 31.2 Å². The zero-order valence-corrected chi connectivity index (χ0v) is 11.3. The number of benzene rings is 1. The molecule has 0 saturated heterocycles. The van der Waals surface area contributed by atoms with Crippen molar-refractivity contribution in [2.24, 2.45) is 5.73 Å². The summed E-state index contributed by atoms with van der Waals surface area (Å²) in [5.41, 5.74) is 8.43. The molecule has 2 nitrogen and oxygen atoms in total. The number of nitrogens with two attached hydrogens (primary N) is 1. The second-order valence-corrected chi connectivity index (χ2v) is 5.37. The highest BCUT2D eigenvalue weighted by Gasteiger charge is 2.28. The molecule has 1 heterocycles. The Hall–Kier alpha value is -1.88. The molecule has 1 aromatic heterocycles. The molecule has 2 aromatic rings. The van der Waals surface area contributed by atoms with Crippen LogP contribution in [-0.2, 0) is 6.42 Å². The van der Waals surface area contributed by atoms with E-state index in [0.717, 1.165) is 42.7 Å². The van der Waals surface area contributed by atoms with E-state index in [1.54, 1.807) is 6.20 Å². The number of hydrogen-bond acceptors (Lipinski definition) is 2. The van der Waals surface area contributed by atoms with Crippen LogP contribution < -0.4 is 5.73 Å². The Balaban J connectivity index is 1.98. The number of aryl methyl sites for hydroxylation is 1. The maximum absolute atomic E-state index is 13.4. The van der Waals surface area contributed by atoms with E-state index in [0.29, 0.717) is 0 Å². The smallest absolute Gasteiger partial charge is 0.194 e. The van der Waals surface area contributed by atoms with Crippen LogP contribution in [0.4, 0.5) is 13.2 Å². The van der Waals surface area contributed by atoms with Crippen LogP contribution in [0.2, 0.25) is 0 Å². The second kappa shape index (κ2) is 5.48. The molecule has 0 amide bonds. The third kappa shape index (κ3) is 2.53. The Morgan fingerprint density at radius 3 is 2.62 bits per heavy atom. The summed E-state index contributed by atoms with van der Waals surface area (Å²) in [5.74, 6) is -4.00. The first-order chi connectivity index (χ1) is 10.1. The van der Waals surface area contributed by atoms with Crippen molar-refractivity contribution in [3.05, 3.63) is 64.7 Å². The van der Waals surface area contributed by atoms with Crippen molar-refractivity contribution >= 4 is 0 Å². The monoisotopic (exact) mass is 292 g/mol. The first-order valence-electron chi connectivity index (χ1n) is 6.91. The van der Waals surface area contributed by atoms with Gasteiger partial charge in [0.15, 0.2) is 17.5 Å². The molecule has 2 unspecified atom stereocenters. The highest BCUT2D eigenvalue weighted by molar-refractivity contribution is 5.32. The summed E-state index contributed by atoms with van der Waals surface area (Å²) in [6.07, 6.45) is 4.36.